The first-order valence-corrected chi connectivity index (χ1v) is 14.1. The van der Waals surface area contributed by atoms with Crippen molar-refractivity contribution >= 4 is 48.4 Å². The minimum absolute atomic E-state index is 0.0642. The fourth-order valence-electron chi connectivity index (χ4n) is 4.40. The number of benzene rings is 3. The first kappa shape index (κ1) is 24.8. The summed E-state index contributed by atoms with van der Waals surface area (Å²) >= 11 is 3.36. The molecule has 0 unspecified atom stereocenters. The monoisotopic (exact) mass is 565 g/mol. The summed E-state index contributed by atoms with van der Waals surface area (Å²) in [6.07, 6.45) is 0. The van der Waals surface area contributed by atoms with Crippen molar-refractivity contribution in [2.45, 2.75) is 24.8 Å². The van der Waals surface area contributed by atoms with E-state index in [4.69, 9.17) is 9.97 Å². The predicted molar refractivity (Wildman–Crippen MR) is 147 cm³/mol. The Kier molecular flexibility index (Phi) is 7.07. The van der Waals surface area contributed by atoms with Crippen molar-refractivity contribution in [1.82, 2.24) is 19.2 Å². The van der Waals surface area contributed by atoms with E-state index >= 15 is 0 Å². The van der Waals surface area contributed by atoms with Gasteiger partial charge in [-0.15, -0.1) is 0 Å². The minimum atomic E-state index is -3.52. The van der Waals surface area contributed by atoms with Gasteiger partial charge in [0.25, 0.3) is 0 Å². The number of hydrogen-bond acceptors (Lipinski definition) is 6. The van der Waals surface area contributed by atoms with Gasteiger partial charge in [0.05, 0.1) is 16.5 Å². The number of aryl methyl sites for hydroxylation is 1. The first-order valence-electron chi connectivity index (χ1n) is 11.9. The average molecular weight is 567 g/mol. The second-order valence-corrected chi connectivity index (χ2v) is 11.9. The number of nitrogens with zero attached hydrogens (tertiary/aromatic N) is 4. The number of sulfonamides is 1. The van der Waals surface area contributed by atoms with Crippen molar-refractivity contribution < 1.29 is 8.42 Å². The maximum absolute atomic E-state index is 13.1. The Morgan fingerprint density at radius 3 is 2.25 bits per heavy atom. The number of aromatic nitrogens is 2. The summed E-state index contributed by atoms with van der Waals surface area (Å²) in [6.45, 7) is 6.20. The number of anilines is 2. The van der Waals surface area contributed by atoms with E-state index in [9.17, 15) is 8.42 Å². The Hall–Kier alpha value is -2.85. The lowest BCUT2D eigenvalue weighted by Crippen LogP contribution is -2.49. The van der Waals surface area contributed by atoms with Gasteiger partial charge in [-0.2, -0.15) is 4.31 Å². The molecule has 1 saturated heterocycles. The smallest absolute Gasteiger partial charge is 0.243 e. The van der Waals surface area contributed by atoms with Crippen molar-refractivity contribution in [3.05, 3.63) is 88.7 Å². The standard InChI is InChI=1S/C27H28BrN5O2S/c1-19-7-11-22(12-8-19)29-27-24-5-3-4-6-25(24)30-26(31-27)20(2)32-15-17-33(18-16-32)36(34,35)23-13-9-21(28)10-14-23/h3-14,20H,15-18H2,1-2H3,(H,29,30,31)/t20-/m1/s1. The van der Waals surface area contributed by atoms with Gasteiger partial charge in [-0.05, 0) is 62.4 Å². The van der Waals surface area contributed by atoms with E-state index in [0.29, 0.717) is 36.9 Å². The number of fused-ring (bicyclic) bond motifs is 1. The molecule has 5 rings (SSSR count). The molecular weight excluding hydrogens is 538 g/mol. The maximum atomic E-state index is 13.1. The number of halogens is 1. The van der Waals surface area contributed by atoms with Crippen LogP contribution in [-0.2, 0) is 10.0 Å². The van der Waals surface area contributed by atoms with Crippen LogP contribution in [0.4, 0.5) is 11.5 Å². The highest BCUT2D eigenvalue weighted by Gasteiger charge is 2.31. The van der Waals surface area contributed by atoms with Crippen molar-refractivity contribution in [1.29, 1.82) is 0 Å². The Labute approximate surface area is 220 Å². The van der Waals surface area contributed by atoms with Crippen LogP contribution >= 0.6 is 15.9 Å². The van der Waals surface area contributed by atoms with Crippen LogP contribution in [0.2, 0.25) is 0 Å². The number of rotatable bonds is 6. The molecule has 0 aliphatic carbocycles. The van der Waals surface area contributed by atoms with Crippen LogP contribution in [0.3, 0.4) is 0 Å². The number of para-hydroxylation sites is 1. The highest BCUT2D eigenvalue weighted by atomic mass is 79.9. The molecular formula is C27H28BrN5O2S. The third-order valence-corrected chi connectivity index (χ3v) is 9.02. The van der Waals surface area contributed by atoms with Gasteiger partial charge < -0.3 is 5.32 Å². The molecule has 1 atom stereocenters. The second kappa shape index (κ2) is 10.3. The molecule has 36 heavy (non-hydrogen) atoms. The van der Waals surface area contributed by atoms with E-state index in [0.717, 1.165) is 26.9 Å². The number of piperazine rings is 1. The lowest BCUT2D eigenvalue weighted by atomic mass is 10.2. The summed E-state index contributed by atoms with van der Waals surface area (Å²) < 4.78 is 28.6. The topological polar surface area (TPSA) is 78.4 Å². The summed E-state index contributed by atoms with van der Waals surface area (Å²) in [5.74, 6) is 1.48. The number of hydrogen-bond donors (Lipinski definition) is 1. The molecule has 9 heteroatoms. The zero-order valence-electron chi connectivity index (χ0n) is 20.2. The van der Waals surface area contributed by atoms with Gasteiger partial charge in [0.2, 0.25) is 10.0 Å². The third kappa shape index (κ3) is 5.15. The third-order valence-electron chi connectivity index (χ3n) is 6.58. The first-order chi connectivity index (χ1) is 17.3. The summed E-state index contributed by atoms with van der Waals surface area (Å²) in [5, 5.41) is 4.42. The summed E-state index contributed by atoms with van der Waals surface area (Å²) in [4.78, 5) is 12.3. The van der Waals surface area contributed by atoms with Crippen LogP contribution < -0.4 is 5.32 Å². The summed E-state index contributed by atoms with van der Waals surface area (Å²) in [5.41, 5.74) is 3.04. The molecule has 0 amide bonds. The van der Waals surface area contributed by atoms with Crippen LogP contribution in [-0.4, -0.2) is 53.8 Å². The Bertz CT molecular complexity index is 1470. The molecule has 0 bridgehead atoms. The fourth-order valence-corrected chi connectivity index (χ4v) is 6.09. The summed E-state index contributed by atoms with van der Waals surface area (Å²) in [7, 11) is -3.52. The zero-order valence-corrected chi connectivity index (χ0v) is 22.6. The van der Waals surface area contributed by atoms with Gasteiger partial charge in [-0.1, -0.05) is 45.8 Å². The van der Waals surface area contributed by atoms with Gasteiger partial charge in [-0.3, -0.25) is 4.90 Å². The molecule has 1 aliphatic rings. The van der Waals surface area contributed by atoms with E-state index in [-0.39, 0.29) is 6.04 Å². The number of nitrogens with one attached hydrogen (secondary N) is 1. The molecule has 1 aliphatic heterocycles. The highest BCUT2D eigenvalue weighted by molar-refractivity contribution is 9.10. The Morgan fingerprint density at radius 2 is 1.56 bits per heavy atom. The Balaban J connectivity index is 1.35. The summed E-state index contributed by atoms with van der Waals surface area (Å²) in [6, 6.07) is 22.9. The molecule has 0 saturated carbocycles. The average Bonchev–Trinajstić information content (AvgIpc) is 2.90. The zero-order chi connectivity index (χ0) is 25.3. The maximum Gasteiger partial charge on any atom is 0.243 e. The van der Waals surface area contributed by atoms with Crippen molar-refractivity contribution in [3.8, 4) is 0 Å². The molecule has 2 heterocycles. The van der Waals surface area contributed by atoms with Gasteiger partial charge in [-0.25, -0.2) is 18.4 Å². The fraction of sp³-hybridized carbons (Fsp3) is 0.259. The lowest BCUT2D eigenvalue weighted by Gasteiger charge is -2.36. The quantitative estimate of drug-likeness (QED) is 0.332. The van der Waals surface area contributed by atoms with E-state index < -0.39 is 10.0 Å². The van der Waals surface area contributed by atoms with Crippen LogP contribution in [0.5, 0.6) is 0 Å². The second-order valence-electron chi connectivity index (χ2n) is 9.01. The van der Waals surface area contributed by atoms with Gasteiger partial charge in [0.15, 0.2) is 0 Å². The highest BCUT2D eigenvalue weighted by Crippen LogP contribution is 2.29. The van der Waals surface area contributed by atoms with Crippen molar-refractivity contribution in [2.75, 3.05) is 31.5 Å². The van der Waals surface area contributed by atoms with Gasteiger partial charge in [0, 0.05) is 41.7 Å². The van der Waals surface area contributed by atoms with E-state index in [1.54, 1.807) is 28.6 Å². The van der Waals surface area contributed by atoms with E-state index in [1.807, 2.05) is 36.4 Å². The Morgan fingerprint density at radius 1 is 0.889 bits per heavy atom. The molecule has 186 valence electrons. The van der Waals surface area contributed by atoms with Crippen molar-refractivity contribution in [2.24, 2.45) is 0 Å². The largest absolute Gasteiger partial charge is 0.340 e. The van der Waals surface area contributed by atoms with Crippen LogP contribution in [0.25, 0.3) is 10.9 Å². The molecule has 0 radical (unpaired) electrons. The predicted octanol–water partition coefficient (Wildman–Crippen LogP) is 5.51. The van der Waals surface area contributed by atoms with E-state index in [1.165, 1.54) is 5.56 Å². The van der Waals surface area contributed by atoms with Crippen LogP contribution in [0.1, 0.15) is 24.4 Å². The molecule has 7 nitrogen and oxygen atoms in total. The molecule has 1 N–H and O–H groups in total. The molecule has 4 aromatic rings. The molecule has 0 spiro atoms. The van der Waals surface area contributed by atoms with Gasteiger partial charge >= 0.3 is 0 Å². The lowest BCUT2D eigenvalue weighted by molar-refractivity contribution is 0.141. The van der Waals surface area contributed by atoms with E-state index in [2.05, 4.69) is 52.1 Å². The molecule has 3 aromatic carbocycles. The molecule has 1 fully saturated rings. The SMILES string of the molecule is Cc1ccc(Nc2nc([C@@H](C)N3CCN(S(=O)(=O)c4ccc(Br)cc4)CC3)nc3ccccc23)cc1. The van der Waals surface area contributed by atoms with Gasteiger partial charge in [0.1, 0.15) is 11.6 Å². The van der Waals surface area contributed by atoms with Crippen molar-refractivity contribution in [3.63, 3.8) is 0 Å². The van der Waals surface area contributed by atoms with Crippen LogP contribution in [0, 0.1) is 6.92 Å². The molecule has 1 aromatic heterocycles. The van der Waals surface area contributed by atoms with Crippen LogP contribution in [0.15, 0.2) is 82.2 Å². The normalized spacial score (nSPS) is 16.2. The minimum Gasteiger partial charge on any atom is -0.340 e.